The molecule has 0 aromatic heterocycles. The van der Waals surface area contributed by atoms with Crippen molar-refractivity contribution in [3.05, 3.63) is 116 Å². The lowest BCUT2D eigenvalue weighted by Gasteiger charge is -2.36. The highest BCUT2D eigenvalue weighted by molar-refractivity contribution is 6.33. The predicted octanol–water partition coefficient (Wildman–Crippen LogP) is 6.86. The van der Waals surface area contributed by atoms with E-state index >= 15 is 0 Å². The van der Waals surface area contributed by atoms with E-state index in [1.807, 2.05) is 0 Å². The molecule has 2 heterocycles. The summed E-state index contributed by atoms with van der Waals surface area (Å²) < 4.78 is 0. The van der Waals surface area contributed by atoms with E-state index in [1.165, 1.54) is 9.80 Å². The van der Waals surface area contributed by atoms with Crippen LogP contribution in [0.1, 0.15) is 78.5 Å². The largest absolute Gasteiger partial charge is 0.269 e. The molecule has 0 saturated heterocycles. The molecule has 0 fully saturated rings. The van der Waals surface area contributed by atoms with Gasteiger partial charge in [0.25, 0.3) is 23.6 Å². The first-order valence-electron chi connectivity index (χ1n) is 12.1. The smallest absolute Gasteiger partial charge is 0.261 e. The molecular weight excluding hydrogens is 523 g/mol. The summed E-state index contributed by atoms with van der Waals surface area (Å²) in [6.45, 7) is 3.55. The molecular formula is C30H20Cl2N2O4. The quantitative estimate of drug-likeness (QED) is 0.264. The van der Waals surface area contributed by atoms with Crippen molar-refractivity contribution in [2.45, 2.75) is 25.9 Å². The van der Waals surface area contributed by atoms with Gasteiger partial charge in [-0.25, -0.2) is 0 Å². The Hall–Kier alpha value is -4.00. The van der Waals surface area contributed by atoms with Crippen molar-refractivity contribution in [3.63, 3.8) is 0 Å². The fourth-order valence-electron chi connectivity index (χ4n) is 5.40. The monoisotopic (exact) mass is 542 g/mol. The van der Waals surface area contributed by atoms with Gasteiger partial charge in [-0.15, -0.1) is 0 Å². The number of amides is 4. The molecule has 6 rings (SSSR count). The normalized spacial score (nSPS) is 16.3. The minimum Gasteiger partial charge on any atom is -0.269 e. The maximum absolute atomic E-state index is 13.7. The van der Waals surface area contributed by atoms with Gasteiger partial charge in [-0.2, -0.15) is 0 Å². The lowest BCUT2D eigenvalue weighted by molar-refractivity contribution is 0.0527. The van der Waals surface area contributed by atoms with Gasteiger partial charge in [0.05, 0.1) is 12.1 Å². The van der Waals surface area contributed by atoms with Crippen LogP contribution in [-0.4, -0.2) is 33.4 Å². The maximum atomic E-state index is 13.7. The molecule has 4 aromatic rings. The third-order valence-corrected chi connectivity index (χ3v) is 7.94. The molecule has 0 N–H and O–H groups in total. The van der Waals surface area contributed by atoms with Crippen molar-refractivity contribution >= 4 is 57.6 Å². The highest BCUT2D eigenvalue weighted by atomic mass is 35.5. The predicted molar refractivity (Wildman–Crippen MR) is 145 cm³/mol. The van der Waals surface area contributed by atoms with Gasteiger partial charge >= 0.3 is 0 Å². The molecule has 2 aliphatic rings. The average molecular weight is 543 g/mol. The van der Waals surface area contributed by atoms with Crippen LogP contribution in [-0.2, 0) is 0 Å². The van der Waals surface area contributed by atoms with Gasteiger partial charge in [0.15, 0.2) is 0 Å². The second kappa shape index (κ2) is 8.79. The van der Waals surface area contributed by atoms with Crippen LogP contribution in [0.25, 0.3) is 10.8 Å². The van der Waals surface area contributed by atoms with Gasteiger partial charge in [-0.1, -0.05) is 47.5 Å². The highest BCUT2D eigenvalue weighted by Gasteiger charge is 2.42. The fraction of sp³-hybridized carbons (Fsp3) is 0.133. The summed E-state index contributed by atoms with van der Waals surface area (Å²) in [5.74, 6) is -1.92. The third-order valence-electron chi connectivity index (χ3n) is 7.44. The van der Waals surface area contributed by atoms with E-state index in [-0.39, 0.29) is 22.3 Å². The van der Waals surface area contributed by atoms with E-state index in [2.05, 4.69) is 0 Å². The number of hydrogen-bond donors (Lipinski definition) is 0. The molecule has 2 atom stereocenters. The fourth-order valence-corrected chi connectivity index (χ4v) is 5.65. The Kier molecular flexibility index (Phi) is 5.63. The summed E-state index contributed by atoms with van der Waals surface area (Å²) in [7, 11) is 0. The number of halogens is 2. The summed E-state index contributed by atoms with van der Waals surface area (Å²) in [5.41, 5.74) is 2.62. The van der Waals surface area contributed by atoms with Crippen LogP contribution in [0, 0.1) is 0 Å². The number of imide groups is 2. The van der Waals surface area contributed by atoms with E-state index < -0.39 is 35.7 Å². The van der Waals surface area contributed by atoms with Crippen LogP contribution in [0.3, 0.4) is 0 Å². The summed E-state index contributed by atoms with van der Waals surface area (Å²) in [6, 6.07) is 19.1. The minimum absolute atomic E-state index is 0.279. The average Bonchev–Trinajstić information content (AvgIpc) is 2.91. The van der Waals surface area contributed by atoms with Crippen LogP contribution >= 0.6 is 23.2 Å². The number of carbonyl (C=O) groups excluding carboxylic acids is 4. The second-order valence-electron chi connectivity index (χ2n) is 9.49. The molecule has 4 amide bonds. The molecule has 2 aliphatic heterocycles. The Labute approximate surface area is 228 Å². The van der Waals surface area contributed by atoms with Crippen molar-refractivity contribution < 1.29 is 19.2 Å². The van der Waals surface area contributed by atoms with Gasteiger partial charge in [-0.05, 0) is 73.5 Å². The lowest BCUT2D eigenvalue weighted by Crippen LogP contribution is -2.44. The number of carbonyl (C=O) groups is 4. The van der Waals surface area contributed by atoms with Gasteiger partial charge in [0.2, 0.25) is 0 Å². The topological polar surface area (TPSA) is 74.8 Å². The zero-order chi connectivity index (χ0) is 26.9. The summed E-state index contributed by atoms with van der Waals surface area (Å²) in [5, 5.41) is 1.79. The number of hydrogen-bond acceptors (Lipinski definition) is 4. The Morgan fingerprint density at radius 2 is 0.737 bits per heavy atom. The number of benzene rings is 4. The molecule has 38 heavy (non-hydrogen) atoms. The Balaban J connectivity index is 1.46. The standard InChI is InChI=1S/C30H20Cl2N2O4/c1-15(17-3-7-19(31)8-4-17)33-27(35)21-11-13-23-26-24(14-12-22(25(21)26)28(33)36)30(38)34(29(23)37)16(2)18-5-9-20(32)10-6-18/h3-16H,1-2H3. The summed E-state index contributed by atoms with van der Waals surface area (Å²) in [4.78, 5) is 57.1. The second-order valence-corrected chi connectivity index (χ2v) is 10.4. The first kappa shape index (κ1) is 24.3. The molecule has 2 unspecified atom stereocenters. The Morgan fingerprint density at radius 3 is 1.00 bits per heavy atom. The zero-order valence-electron chi connectivity index (χ0n) is 20.4. The molecule has 0 bridgehead atoms. The third kappa shape index (κ3) is 3.48. The van der Waals surface area contributed by atoms with Gasteiger partial charge in [-0.3, -0.25) is 29.0 Å². The van der Waals surface area contributed by atoms with Crippen molar-refractivity contribution in [2.24, 2.45) is 0 Å². The molecule has 0 spiro atoms. The SMILES string of the molecule is CC(c1ccc(Cl)cc1)N1C(=O)c2ccc3c4c(ccc(c24)C1=O)C(=O)N(C(C)c1ccc(Cl)cc1)C3=O. The molecule has 188 valence electrons. The molecule has 4 aromatic carbocycles. The van der Waals surface area contributed by atoms with E-state index in [0.29, 0.717) is 20.8 Å². The van der Waals surface area contributed by atoms with Crippen molar-refractivity contribution in [2.75, 3.05) is 0 Å². The van der Waals surface area contributed by atoms with Crippen molar-refractivity contribution in [1.29, 1.82) is 0 Å². The Bertz CT molecular complexity index is 1500. The molecule has 0 radical (unpaired) electrons. The van der Waals surface area contributed by atoms with Crippen LogP contribution in [0.2, 0.25) is 10.0 Å². The van der Waals surface area contributed by atoms with Crippen LogP contribution in [0.5, 0.6) is 0 Å². The molecule has 0 saturated carbocycles. The van der Waals surface area contributed by atoms with Gasteiger partial charge in [0.1, 0.15) is 0 Å². The van der Waals surface area contributed by atoms with Gasteiger partial charge in [0, 0.05) is 43.1 Å². The first-order valence-corrected chi connectivity index (χ1v) is 12.8. The van der Waals surface area contributed by atoms with E-state index in [0.717, 1.165) is 11.1 Å². The van der Waals surface area contributed by atoms with Crippen molar-refractivity contribution in [1.82, 2.24) is 9.80 Å². The maximum Gasteiger partial charge on any atom is 0.261 e. The minimum atomic E-state index is -0.554. The van der Waals surface area contributed by atoms with Crippen LogP contribution in [0.15, 0.2) is 72.8 Å². The highest BCUT2D eigenvalue weighted by Crippen LogP contribution is 2.41. The van der Waals surface area contributed by atoms with Crippen LogP contribution < -0.4 is 0 Å². The van der Waals surface area contributed by atoms with Crippen LogP contribution in [0.4, 0.5) is 0 Å². The zero-order valence-corrected chi connectivity index (χ0v) is 21.9. The molecule has 0 aliphatic carbocycles. The van der Waals surface area contributed by atoms with E-state index in [1.54, 1.807) is 86.6 Å². The lowest BCUT2D eigenvalue weighted by atomic mass is 9.84. The van der Waals surface area contributed by atoms with E-state index in [9.17, 15) is 19.2 Å². The number of nitrogens with zero attached hydrogens (tertiary/aromatic N) is 2. The van der Waals surface area contributed by atoms with Crippen molar-refractivity contribution in [3.8, 4) is 0 Å². The summed E-state index contributed by atoms with van der Waals surface area (Å²) in [6.07, 6.45) is 0. The number of rotatable bonds is 4. The summed E-state index contributed by atoms with van der Waals surface area (Å²) >= 11 is 12.0. The Morgan fingerprint density at radius 1 is 0.474 bits per heavy atom. The van der Waals surface area contributed by atoms with E-state index in [4.69, 9.17) is 23.2 Å². The molecule has 6 nitrogen and oxygen atoms in total. The molecule has 8 heteroatoms. The first-order chi connectivity index (χ1) is 18.2. The van der Waals surface area contributed by atoms with Gasteiger partial charge < -0.3 is 0 Å².